The zero-order chi connectivity index (χ0) is 12.3. The number of nitrogens with one attached hydrogen (secondary N) is 1. The minimum absolute atomic E-state index is 0.284. The van der Waals surface area contributed by atoms with Crippen LogP contribution < -0.4 is 5.32 Å². The van der Waals surface area contributed by atoms with Crippen molar-refractivity contribution in [3.63, 3.8) is 0 Å². The van der Waals surface area contributed by atoms with E-state index in [1.165, 1.54) is 0 Å². The van der Waals surface area contributed by atoms with Crippen molar-refractivity contribution in [2.24, 2.45) is 0 Å². The Labute approximate surface area is 110 Å². The molecule has 0 radical (unpaired) electrons. The predicted octanol–water partition coefficient (Wildman–Crippen LogP) is 3.29. The van der Waals surface area contributed by atoms with E-state index in [-0.39, 0.29) is 5.97 Å². The molecule has 0 saturated heterocycles. The van der Waals surface area contributed by atoms with Gasteiger partial charge in [-0.3, -0.25) is 0 Å². The fraction of sp³-hybridized carbons (Fsp3) is 0.417. The molecule has 0 fully saturated rings. The third-order valence-corrected chi connectivity index (χ3v) is 2.77. The van der Waals surface area contributed by atoms with Gasteiger partial charge in [0.05, 0.1) is 5.56 Å². The predicted molar refractivity (Wildman–Crippen MR) is 73.9 cm³/mol. The fourth-order valence-electron chi connectivity index (χ4n) is 1.18. The molecule has 3 nitrogen and oxygen atoms in total. The van der Waals surface area contributed by atoms with Crippen molar-refractivity contribution in [2.75, 3.05) is 12.4 Å². The van der Waals surface area contributed by atoms with E-state index in [0.29, 0.717) is 5.56 Å². The van der Waals surface area contributed by atoms with Gasteiger partial charge in [0, 0.05) is 16.3 Å². The van der Waals surface area contributed by atoms with Crippen molar-refractivity contribution in [3.8, 4) is 0 Å². The second-order valence-electron chi connectivity index (χ2n) is 4.45. The summed E-state index contributed by atoms with van der Waals surface area (Å²) in [7, 11) is 1.85. The third-order valence-electron chi connectivity index (χ3n) is 1.87. The number of carbonyl (C=O) groups excluding carboxylic acids is 1. The van der Waals surface area contributed by atoms with Crippen LogP contribution in [0, 0.1) is 3.57 Å². The first-order valence-electron chi connectivity index (χ1n) is 5.04. The topological polar surface area (TPSA) is 38.3 Å². The number of ether oxygens (including phenoxy) is 1. The number of halogens is 1. The van der Waals surface area contributed by atoms with Crippen molar-refractivity contribution in [3.05, 3.63) is 27.3 Å². The van der Waals surface area contributed by atoms with Crippen LogP contribution in [0.5, 0.6) is 0 Å². The van der Waals surface area contributed by atoms with E-state index in [1.54, 1.807) is 6.07 Å². The van der Waals surface area contributed by atoms with Gasteiger partial charge in [0.15, 0.2) is 0 Å². The van der Waals surface area contributed by atoms with Crippen LogP contribution in [0.25, 0.3) is 0 Å². The molecule has 0 aliphatic rings. The smallest absolute Gasteiger partial charge is 0.338 e. The Hall–Kier alpha value is -0.780. The molecule has 0 saturated carbocycles. The summed E-state index contributed by atoms with van der Waals surface area (Å²) in [6.07, 6.45) is 0. The summed E-state index contributed by atoms with van der Waals surface area (Å²) < 4.78 is 6.29. The summed E-state index contributed by atoms with van der Waals surface area (Å²) in [5, 5.41) is 3.05. The van der Waals surface area contributed by atoms with Crippen LogP contribution in [0.1, 0.15) is 31.1 Å². The van der Waals surface area contributed by atoms with Crippen LogP contribution in [0.2, 0.25) is 0 Å². The van der Waals surface area contributed by atoms with Gasteiger partial charge in [-0.25, -0.2) is 4.79 Å². The van der Waals surface area contributed by atoms with Crippen LogP contribution in [0.15, 0.2) is 18.2 Å². The number of hydrogen-bond donors (Lipinski definition) is 1. The summed E-state index contributed by atoms with van der Waals surface area (Å²) in [5.41, 5.74) is 1.13. The van der Waals surface area contributed by atoms with Crippen molar-refractivity contribution in [1.82, 2.24) is 0 Å². The first-order valence-corrected chi connectivity index (χ1v) is 6.12. The molecule has 0 bridgehead atoms. The number of benzene rings is 1. The lowest BCUT2D eigenvalue weighted by Gasteiger charge is -2.19. The summed E-state index contributed by atoms with van der Waals surface area (Å²) >= 11 is 2.19. The van der Waals surface area contributed by atoms with E-state index in [2.05, 4.69) is 27.9 Å². The maximum absolute atomic E-state index is 11.8. The Bertz CT molecular complexity index is 396. The number of carbonyl (C=O) groups is 1. The Morgan fingerprint density at radius 1 is 1.38 bits per heavy atom. The van der Waals surface area contributed by atoms with Crippen LogP contribution in [-0.2, 0) is 4.74 Å². The highest BCUT2D eigenvalue weighted by molar-refractivity contribution is 14.1. The summed E-state index contributed by atoms with van der Waals surface area (Å²) in [5.74, 6) is -0.284. The van der Waals surface area contributed by atoms with Crippen molar-refractivity contribution < 1.29 is 9.53 Å². The Kier molecular flexibility index (Phi) is 4.18. The van der Waals surface area contributed by atoms with Crippen molar-refractivity contribution in [1.29, 1.82) is 0 Å². The van der Waals surface area contributed by atoms with E-state index in [4.69, 9.17) is 4.74 Å². The van der Waals surface area contributed by atoms with Crippen LogP contribution in [0.3, 0.4) is 0 Å². The molecule has 0 atom stereocenters. The zero-order valence-electron chi connectivity index (χ0n) is 9.93. The fourth-order valence-corrected chi connectivity index (χ4v) is 1.97. The Balaban J connectivity index is 2.89. The average Bonchev–Trinajstić information content (AvgIpc) is 2.15. The van der Waals surface area contributed by atoms with Gasteiger partial charge in [0.2, 0.25) is 0 Å². The molecule has 16 heavy (non-hydrogen) atoms. The number of hydrogen-bond acceptors (Lipinski definition) is 3. The van der Waals surface area contributed by atoms with Crippen LogP contribution in [0.4, 0.5) is 5.69 Å². The van der Waals surface area contributed by atoms with Crippen LogP contribution >= 0.6 is 22.6 Å². The minimum atomic E-state index is -0.454. The lowest BCUT2D eigenvalue weighted by atomic mass is 10.1. The quantitative estimate of drug-likeness (QED) is 0.667. The molecule has 4 heteroatoms. The standard InChI is InChI=1S/C12H16INO2/c1-12(2,3)16-11(15)8-5-6-10(14-4)9(13)7-8/h5-7,14H,1-4H3. The SMILES string of the molecule is CNc1ccc(C(=O)OC(C)(C)C)cc1I. The molecule has 1 N–H and O–H groups in total. The van der Waals surface area contributed by atoms with Gasteiger partial charge < -0.3 is 10.1 Å². The van der Waals surface area contributed by atoms with Crippen molar-refractivity contribution in [2.45, 2.75) is 26.4 Å². The number of esters is 1. The molecule has 0 heterocycles. The lowest BCUT2D eigenvalue weighted by Crippen LogP contribution is -2.23. The van der Waals surface area contributed by atoms with Gasteiger partial charge in [0.1, 0.15) is 5.60 Å². The molecule has 1 aromatic carbocycles. The van der Waals surface area contributed by atoms with Gasteiger partial charge in [-0.1, -0.05) is 0 Å². The second kappa shape index (κ2) is 5.03. The van der Waals surface area contributed by atoms with E-state index < -0.39 is 5.60 Å². The molecule has 0 aliphatic heterocycles. The van der Waals surface area contributed by atoms with Gasteiger partial charge in [-0.15, -0.1) is 0 Å². The largest absolute Gasteiger partial charge is 0.456 e. The monoisotopic (exact) mass is 333 g/mol. The molecular weight excluding hydrogens is 317 g/mol. The number of anilines is 1. The third kappa shape index (κ3) is 3.66. The normalized spacial score (nSPS) is 11.1. The average molecular weight is 333 g/mol. The highest BCUT2D eigenvalue weighted by Gasteiger charge is 2.18. The summed E-state index contributed by atoms with van der Waals surface area (Å²) in [4.78, 5) is 11.8. The Morgan fingerprint density at radius 2 is 2.00 bits per heavy atom. The van der Waals surface area contributed by atoms with Gasteiger partial charge in [-0.05, 0) is 61.6 Å². The molecule has 88 valence electrons. The Morgan fingerprint density at radius 3 is 2.44 bits per heavy atom. The molecule has 0 spiro atoms. The molecular formula is C12H16INO2. The van der Waals surface area contributed by atoms with Gasteiger partial charge in [-0.2, -0.15) is 0 Å². The number of rotatable bonds is 2. The molecule has 0 amide bonds. The molecule has 1 aromatic rings. The van der Waals surface area contributed by atoms with E-state index >= 15 is 0 Å². The minimum Gasteiger partial charge on any atom is -0.456 e. The maximum Gasteiger partial charge on any atom is 0.338 e. The zero-order valence-corrected chi connectivity index (χ0v) is 12.1. The van der Waals surface area contributed by atoms with Gasteiger partial charge >= 0.3 is 5.97 Å². The molecule has 1 rings (SSSR count). The highest BCUT2D eigenvalue weighted by Crippen LogP contribution is 2.20. The summed E-state index contributed by atoms with van der Waals surface area (Å²) in [6.45, 7) is 5.58. The molecule has 0 aromatic heterocycles. The van der Waals surface area contributed by atoms with Crippen LogP contribution in [-0.4, -0.2) is 18.6 Å². The molecule has 0 aliphatic carbocycles. The van der Waals surface area contributed by atoms with E-state index in [0.717, 1.165) is 9.26 Å². The first kappa shape index (κ1) is 13.3. The first-order chi connectivity index (χ1) is 7.33. The maximum atomic E-state index is 11.8. The highest BCUT2D eigenvalue weighted by atomic mass is 127. The van der Waals surface area contributed by atoms with Crippen molar-refractivity contribution >= 4 is 34.2 Å². The second-order valence-corrected chi connectivity index (χ2v) is 5.61. The molecule has 0 unspecified atom stereocenters. The lowest BCUT2D eigenvalue weighted by molar-refractivity contribution is 0.00695. The van der Waals surface area contributed by atoms with E-state index in [9.17, 15) is 4.79 Å². The van der Waals surface area contributed by atoms with E-state index in [1.807, 2.05) is 40.0 Å². The summed E-state index contributed by atoms with van der Waals surface area (Å²) in [6, 6.07) is 5.46. The van der Waals surface area contributed by atoms with Gasteiger partial charge in [0.25, 0.3) is 0 Å².